The van der Waals surface area contributed by atoms with Crippen molar-refractivity contribution in [2.24, 2.45) is 0 Å². The second kappa shape index (κ2) is 21.1. The molecular formula is C50H45NO22. The molecule has 1 aliphatic rings. The molecule has 3 heterocycles. The summed E-state index contributed by atoms with van der Waals surface area (Å²) in [5.41, 5.74) is -1.41. The molecule has 0 aliphatic carbocycles. The summed E-state index contributed by atoms with van der Waals surface area (Å²) in [6.45, 7) is 4.25. The van der Waals surface area contributed by atoms with Crippen molar-refractivity contribution in [3.05, 3.63) is 99.3 Å². The van der Waals surface area contributed by atoms with Crippen molar-refractivity contribution < 1.29 is 95.9 Å². The molecule has 0 bridgehead atoms. The maximum atomic E-state index is 14.4. The zero-order valence-electron chi connectivity index (χ0n) is 39.4. The number of hydrogen-bond donors (Lipinski definition) is 5. The molecule has 0 unspecified atom stereocenters. The van der Waals surface area contributed by atoms with Gasteiger partial charge in [0.25, 0.3) is 0 Å². The van der Waals surface area contributed by atoms with Gasteiger partial charge >= 0.3 is 35.6 Å². The summed E-state index contributed by atoms with van der Waals surface area (Å²) in [4.78, 5) is 105. The number of fused-ring (bicyclic) bond motifs is 2. The van der Waals surface area contributed by atoms with Crippen molar-refractivity contribution in [2.45, 2.75) is 77.3 Å². The molecule has 0 radical (unpaired) electrons. The fraction of sp³-hybridized carbons (Fsp3) is 0.280. The number of nitrogens with one attached hydrogen (secondary N) is 1. The molecule has 1 saturated heterocycles. The number of phenols is 4. The van der Waals surface area contributed by atoms with E-state index in [0.717, 1.165) is 72.1 Å². The molecule has 23 nitrogen and oxygen atoms in total. The maximum absolute atomic E-state index is 14.4. The Morgan fingerprint density at radius 2 is 1.30 bits per heavy atom. The zero-order valence-corrected chi connectivity index (χ0v) is 39.4. The second-order valence-electron chi connectivity index (χ2n) is 16.4. The molecule has 1 fully saturated rings. The quantitative estimate of drug-likeness (QED) is 0.0684. The predicted molar refractivity (Wildman–Crippen MR) is 248 cm³/mol. The van der Waals surface area contributed by atoms with Crippen molar-refractivity contribution in [3.8, 4) is 62.9 Å². The molecule has 6 atom stereocenters. The van der Waals surface area contributed by atoms with Gasteiger partial charge in [-0.25, -0.2) is 4.79 Å². The van der Waals surface area contributed by atoms with E-state index in [0.29, 0.717) is 5.56 Å². The summed E-state index contributed by atoms with van der Waals surface area (Å²) in [7, 11) is 0.918. The molecule has 4 aromatic carbocycles. The maximum Gasteiger partial charge on any atom is 0.379 e. The third-order valence-corrected chi connectivity index (χ3v) is 11.0. The van der Waals surface area contributed by atoms with E-state index in [-0.39, 0.29) is 50.9 Å². The number of esters is 5. The summed E-state index contributed by atoms with van der Waals surface area (Å²) in [6, 6.07) is 14.7. The van der Waals surface area contributed by atoms with Gasteiger partial charge in [-0.05, 0) is 48.5 Å². The fourth-order valence-electron chi connectivity index (χ4n) is 8.09. The molecule has 7 rings (SSSR count). The van der Waals surface area contributed by atoms with Crippen LogP contribution in [0.1, 0.15) is 41.0 Å². The van der Waals surface area contributed by atoms with Crippen LogP contribution < -0.4 is 25.6 Å². The van der Waals surface area contributed by atoms with E-state index < -0.39 is 124 Å². The molecule has 2 aromatic heterocycles. The first-order valence-corrected chi connectivity index (χ1v) is 21.8. The highest BCUT2D eigenvalue weighted by molar-refractivity contribution is 5.91. The Hall–Kier alpha value is -9.12. The lowest BCUT2D eigenvalue weighted by Crippen LogP contribution is -2.70. The molecule has 1 amide bonds. The van der Waals surface area contributed by atoms with Crippen molar-refractivity contribution in [2.75, 3.05) is 13.7 Å². The summed E-state index contributed by atoms with van der Waals surface area (Å²) in [5.74, 6) is -12.4. The highest BCUT2D eigenvalue weighted by Crippen LogP contribution is 2.48. The van der Waals surface area contributed by atoms with Gasteiger partial charge < -0.3 is 72.5 Å². The van der Waals surface area contributed by atoms with Crippen LogP contribution in [0.2, 0.25) is 0 Å². The molecule has 0 saturated carbocycles. The van der Waals surface area contributed by atoms with Crippen molar-refractivity contribution in [1.29, 1.82) is 0 Å². The summed E-state index contributed by atoms with van der Waals surface area (Å²) < 4.78 is 58.2. The van der Waals surface area contributed by atoms with Crippen LogP contribution in [0.15, 0.2) is 97.3 Å². The standard InChI is InChI=1S/C50H45NO22/c1-22(52)51-44-40(66-24(3)54)20-50(49(63)64-6,73-48(44)47(68-26(5)56)41(67-25(4)55)21-65-23(2)53)72-39-19-38-43(34(61)18-36(71-38)27-7-11-29(57)12-8-27)45(62)46(39)69-31-13-9-28(10-14-31)35-17-33(60)42-32(59)15-30(58)16-37(42)70-35/h7-19,40-41,44,47-48,57-59,62H,20-21H2,1-6H3,(H,51,52)/t40-,41+,44+,47+,48+,50+/m0/s1. The zero-order chi connectivity index (χ0) is 53.1. The Bertz CT molecular complexity index is 3270. The molecule has 382 valence electrons. The molecule has 23 heteroatoms. The van der Waals surface area contributed by atoms with E-state index in [9.17, 15) is 58.8 Å². The smallest absolute Gasteiger partial charge is 0.379 e. The van der Waals surface area contributed by atoms with Gasteiger partial charge in [0.15, 0.2) is 34.6 Å². The highest BCUT2D eigenvalue weighted by Gasteiger charge is 2.60. The lowest BCUT2D eigenvalue weighted by molar-refractivity contribution is -0.289. The number of hydrogen-bond acceptors (Lipinski definition) is 22. The van der Waals surface area contributed by atoms with E-state index >= 15 is 0 Å². The Kier molecular flexibility index (Phi) is 14.9. The van der Waals surface area contributed by atoms with Gasteiger partial charge in [0.2, 0.25) is 11.7 Å². The van der Waals surface area contributed by atoms with Crippen LogP contribution in [0.25, 0.3) is 44.6 Å². The minimum Gasteiger partial charge on any atom is -0.508 e. The number of ether oxygens (including phenoxy) is 8. The van der Waals surface area contributed by atoms with Crippen molar-refractivity contribution in [1.82, 2.24) is 5.32 Å². The lowest BCUT2D eigenvalue weighted by atomic mass is 9.88. The van der Waals surface area contributed by atoms with Crippen LogP contribution in [0.5, 0.6) is 40.2 Å². The van der Waals surface area contributed by atoms with Crippen molar-refractivity contribution in [3.63, 3.8) is 0 Å². The number of methoxy groups -OCH3 is 1. The first-order valence-electron chi connectivity index (χ1n) is 21.8. The Balaban J connectivity index is 1.42. The van der Waals surface area contributed by atoms with Crippen LogP contribution in [0.4, 0.5) is 0 Å². The molecule has 1 aliphatic heterocycles. The van der Waals surface area contributed by atoms with Crippen LogP contribution >= 0.6 is 0 Å². The van der Waals surface area contributed by atoms with Gasteiger partial charge in [0.05, 0.1) is 19.6 Å². The predicted octanol–water partition coefficient (Wildman–Crippen LogP) is 4.75. The average molecular weight is 1010 g/mol. The number of rotatable bonds is 15. The third kappa shape index (κ3) is 11.4. The van der Waals surface area contributed by atoms with Crippen molar-refractivity contribution >= 4 is 57.7 Å². The number of aromatic hydroxyl groups is 4. The number of carbonyl (C=O) groups is 6. The van der Waals surface area contributed by atoms with Gasteiger partial charge in [-0.2, -0.15) is 0 Å². The fourth-order valence-corrected chi connectivity index (χ4v) is 8.09. The van der Waals surface area contributed by atoms with Gasteiger partial charge in [0, 0.05) is 76.1 Å². The molecule has 73 heavy (non-hydrogen) atoms. The average Bonchev–Trinajstić information content (AvgIpc) is 3.30. The molecule has 6 aromatic rings. The Labute approximate surface area is 411 Å². The normalized spacial score (nSPS) is 18.1. The number of benzene rings is 4. The topological polar surface area (TPSA) is 330 Å². The van der Waals surface area contributed by atoms with E-state index in [4.69, 9.17) is 46.7 Å². The second-order valence-corrected chi connectivity index (χ2v) is 16.4. The summed E-state index contributed by atoms with van der Waals surface area (Å²) in [6.07, 6.45) is -8.20. The molecule has 5 N–H and O–H groups in total. The number of amides is 1. The van der Waals surface area contributed by atoms with Crippen LogP contribution in [-0.4, -0.2) is 106 Å². The lowest BCUT2D eigenvalue weighted by Gasteiger charge is -2.48. The molecular weight excluding hydrogens is 967 g/mol. The largest absolute Gasteiger partial charge is 0.508 e. The minimum absolute atomic E-state index is 0.00607. The van der Waals surface area contributed by atoms with E-state index in [1.165, 1.54) is 48.5 Å². The van der Waals surface area contributed by atoms with Gasteiger partial charge in [0.1, 0.15) is 75.3 Å². The van der Waals surface area contributed by atoms with Gasteiger partial charge in [-0.3, -0.25) is 33.6 Å². The Morgan fingerprint density at radius 3 is 1.86 bits per heavy atom. The van der Waals surface area contributed by atoms with E-state index in [2.05, 4.69) is 5.32 Å². The summed E-state index contributed by atoms with van der Waals surface area (Å²) >= 11 is 0. The minimum atomic E-state index is -2.93. The molecule has 0 spiro atoms. The van der Waals surface area contributed by atoms with Gasteiger partial charge in [-0.15, -0.1) is 0 Å². The monoisotopic (exact) mass is 1010 g/mol. The number of carbonyl (C=O) groups excluding carboxylic acids is 6. The van der Waals surface area contributed by atoms with Crippen LogP contribution in [0, 0.1) is 0 Å². The number of phenolic OH excluding ortho intramolecular Hbond substituents is 4. The van der Waals surface area contributed by atoms with Gasteiger partial charge in [-0.1, -0.05) is 0 Å². The van der Waals surface area contributed by atoms with E-state index in [1.54, 1.807) is 0 Å². The SMILES string of the molecule is COC(=O)[C@@]1(Oc2cc3oc(-c4ccc(O)cc4)cc(=O)c3c(O)c2Oc2ccc(-c3cc(=O)c4c(O)cc(O)cc4o3)cc2)C[C@H](OC(C)=O)[C@@H](NC(C)=O)[C@H]([C@H](OC(C)=O)[C@@H](COC(C)=O)OC(C)=O)O1. The first-order chi connectivity index (χ1) is 34.6. The van der Waals surface area contributed by atoms with Crippen LogP contribution in [0.3, 0.4) is 0 Å². The van der Waals surface area contributed by atoms with E-state index in [1.807, 2.05) is 0 Å². The third-order valence-electron chi connectivity index (χ3n) is 11.0. The Morgan fingerprint density at radius 1 is 0.712 bits per heavy atom. The summed E-state index contributed by atoms with van der Waals surface area (Å²) in [5, 5.41) is 44.2. The van der Waals surface area contributed by atoms with Crippen LogP contribution in [-0.2, 0) is 57.2 Å². The first kappa shape index (κ1) is 51.7. The highest BCUT2D eigenvalue weighted by atomic mass is 16.7.